The molecule has 2 aromatic rings. The minimum atomic E-state index is -0.364. The number of nitrogens with zero attached hydrogens (tertiary/aromatic N) is 3. The van der Waals surface area contributed by atoms with E-state index in [1.54, 1.807) is 12.2 Å². The number of aryl methyl sites for hydroxylation is 2. The molecule has 0 saturated heterocycles. The van der Waals surface area contributed by atoms with Crippen molar-refractivity contribution in [1.82, 2.24) is 0 Å². The summed E-state index contributed by atoms with van der Waals surface area (Å²) in [5.74, 6) is 0.196. The van der Waals surface area contributed by atoms with E-state index in [-0.39, 0.29) is 5.97 Å². The van der Waals surface area contributed by atoms with Gasteiger partial charge >= 0.3 is 5.97 Å². The highest BCUT2D eigenvalue weighted by Gasteiger charge is 2.22. The SMILES string of the molecule is Cc1ccc(C2=CC(=Cc3ccc(N(CCC#N)CCC#N)cc3)C(=O)O2)cc1C. The molecule has 0 aromatic heterocycles. The van der Waals surface area contributed by atoms with Gasteiger partial charge in [-0.05, 0) is 60.9 Å². The molecule has 0 spiro atoms. The molecule has 0 saturated carbocycles. The number of anilines is 1. The fourth-order valence-electron chi connectivity index (χ4n) is 3.23. The van der Waals surface area contributed by atoms with Crippen LogP contribution in [-0.4, -0.2) is 19.1 Å². The number of esters is 1. The largest absolute Gasteiger partial charge is 0.422 e. The summed E-state index contributed by atoms with van der Waals surface area (Å²) < 4.78 is 5.46. The maximum Gasteiger partial charge on any atom is 0.343 e. The van der Waals surface area contributed by atoms with Gasteiger partial charge in [-0.15, -0.1) is 0 Å². The van der Waals surface area contributed by atoms with E-state index < -0.39 is 0 Å². The maximum absolute atomic E-state index is 12.3. The molecule has 0 radical (unpaired) electrons. The van der Waals surface area contributed by atoms with Crippen molar-refractivity contribution in [2.24, 2.45) is 0 Å². The molecule has 0 N–H and O–H groups in total. The van der Waals surface area contributed by atoms with Crippen LogP contribution in [-0.2, 0) is 9.53 Å². The number of rotatable bonds is 7. The maximum atomic E-state index is 12.3. The Balaban J connectivity index is 1.79. The fraction of sp³-hybridized carbons (Fsp3) is 0.240. The van der Waals surface area contributed by atoms with Gasteiger partial charge in [-0.3, -0.25) is 0 Å². The van der Waals surface area contributed by atoms with Crippen LogP contribution in [0.25, 0.3) is 11.8 Å². The van der Waals surface area contributed by atoms with Crippen molar-refractivity contribution in [3.8, 4) is 12.1 Å². The van der Waals surface area contributed by atoms with E-state index in [1.807, 2.05) is 61.2 Å². The van der Waals surface area contributed by atoms with Crippen LogP contribution in [0, 0.1) is 36.5 Å². The Morgan fingerprint density at radius 1 is 0.967 bits per heavy atom. The molecular formula is C25H23N3O2. The van der Waals surface area contributed by atoms with Gasteiger partial charge in [-0.25, -0.2) is 4.79 Å². The molecule has 1 heterocycles. The van der Waals surface area contributed by atoms with Crippen LogP contribution in [0.3, 0.4) is 0 Å². The smallest absolute Gasteiger partial charge is 0.343 e. The minimum Gasteiger partial charge on any atom is -0.422 e. The lowest BCUT2D eigenvalue weighted by atomic mass is 10.0. The van der Waals surface area contributed by atoms with Crippen LogP contribution in [0.5, 0.6) is 0 Å². The highest BCUT2D eigenvalue weighted by molar-refractivity contribution is 6.05. The van der Waals surface area contributed by atoms with Crippen molar-refractivity contribution in [1.29, 1.82) is 10.5 Å². The zero-order chi connectivity index (χ0) is 21.5. The fourth-order valence-corrected chi connectivity index (χ4v) is 3.23. The van der Waals surface area contributed by atoms with Crippen LogP contribution >= 0.6 is 0 Å². The number of hydrogen-bond donors (Lipinski definition) is 0. The third-order valence-corrected chi connectivity index (χ3v) is 5.08. The molecule has 150 valence electrons. The van der Waals surface area contributed by atoms with E-state index in [4.69, 9.17) is 15.3 Å². The molecular weight excluding hydrogens is 374 g/mol. The molecule has 0 unspecified atom stereocenters. The number of carbonyl (C=O) groups is 1. The highest BCUT2D eigenvalue weighted by atomic mass is 16.5. The van der Waals surface area contributed by atoms with E-state index in [1.165, 1.54) is 5.56 Å². The van der Waals surface area contributed by atoms with Crippen molar-refractivity contribution in [2.75, 3.05) is 18.0 Å². The van der Waals surface area contributed by atoms with Gasteiger partial charge in [0, 0.05) is 24.3 Å². The zero-order valence-electron chi connectivity index (χ0n) is 17.2. The van der Waals surface area contributed by atoms with Gasteiger partial charge in [0.2, 0.25) is 0 Å². The topological polar surface area (TPSA) is 77.1 Å². The molecule has 0 amide bonds. The van der Waals surface area contributed by atoms with Gasteiger partial charge in [0.25, 0.3) is 0 Å². The van der Waals surface area contributed by atoms with Gasteiger partial charge in [-0.2, -0.15) is 10.5 Å². The van der Waals surface area contributed by atoms with Crippen molar-refractivity contribution in [3.63, 3.8) is 0 Å². The quantitative estimate of drug-likeness (QED) is 0.490. The molecule has 0 atom stereocenters. The number of carbonyl (C=O) groups excluding carboxylic acids is 1. The Morgan fingerprint density at radius 3 is 2.23 bits per heavy atom. The summed E-state index contributed by atoms with van der Waals surface area (Å²) in [5, 5.41) is 17.7. The second kappa shape index (κ2) is 9.58. The van der Waals surface area contributed by atoms with E-state index in [0.717, 1.165) is 22.4 Å². The average Bonchev–Trinajstić information content (AvgIpc) is 3.11. The van der Waals surface area contributed by atoms with Crippen molar-refractivity contribution in [3.05, 3.63) is 76.4 Å². The Kier molecular flexibility index (Phi) is 6.67. The first-order valence-electron chi connectivity index (χ1n) is 9.84. The molecule has 1 aliphatic rings. The van der Waals surface area contributed by atoms with E-state index in [0.29, 0.717) is 37.3 Å². The molecule has 0 fully saturated rings. The monoisotopic (exact) mass is 397 g/mol. The Morgan fingerprint density at radius 2 is 1.63 bits per heavy atom. The van der Waals surface area contributed by atoms with Gasteiger partial charge < -0.3 is 9.64 Å². The van der Waals surface area contributed by atoms with Crippen LogP contribution in [0.2, 0.25) is 0 Å². The molecule has 1 aliphatic heterocycles. The van der Waals surface area contributed by atoms with Crippen molar-refractivity contribution < 1.29 is 9.53 Å². The highest BCUT2D eigenvalue weighted by Crippen LogP contribution is 2.29. The summed E-state index contributed by atoms with van der Waals surface area (Å²) in [5.41, 5.74) is 5.55. The summed E-state index contributed by atoms with van der Waals surface area (Å²) >= 11 is 0. The van der Waals surface area contributed by atoms with Gasteiger partial charge in [0.15, 0.2) is 0 Å². The van der Waals surface area contributed by atoms with Crippen molar-refractivity contribution in [2.45, 2.75) is 26.7 Å². The number of ether oxygens (including phenoxy) is 1. The predicted molar refractivity (Wildman–Crippen MR) is 117 cm³/mol. The predicted octanol–water partition coefficient (Wildman–Crippen LogP) is 4.92. The molecule has 3 rings (SSSR count). The second-order valence-electron chi connectivity index (χ2n) is 7.19. The lowest BCUT2D eigenvalue weighted by Gasteiger charge is -2.22. The number of nitriles is 2. The first kappa shape index (κ1) is 20.9. The molecule has 0 bridgehead atoms. The van der Waals surface area contributed by atoms with Crippen LogP contribution in [0.1, 0.15) is 35.1 Å². The standard InChI is InChI=1S/C25H23N3O2/c1-18-5-8-21(15-19(18)2)24-17-22(25(29)30-24)16-20-6-9-23(10-7-20)28(13-3-11-26)14-4-12-27/h5-10,15-17H,3-4,13-14H2,1-2H3. The molecule has 5 nitrogen and oxygen atoms in total. The van der Waals surface area contributed by atoms with Gasteiger partial charge in [0.1, 0.15) is 5.76 Å². The third-order valence-electron chi connectivity index (χ3n) is 5.08. The average molecular weight is 397 g/mol. The van der Waals surface area contributed by atoms with Crippen LogP contribution < -0.4 is 4.90 Å². The Bertz CT molecular complexity index is 1060. The minimum absolute atomic E-state index is 0.364. The van der Waals surface area contributed by atoms with E-state index in [9.17, 15) is 4.79 Å². The summed E-state index contributed by atoms with van der Waals surface area (Å²) in [6.45, 7) is 5.23. The summed E-state index contributed by atoms with van der Waals surface area (Å²) in [4.78, 5) is 14.3. The summed E-state index contributed by atoms with van der Waals surface area (Å²) in [6, 6.07) is 18.0. The van der Waals surface area contributed by atoms with Gasteiger partial charge in [-0.1, -0.05) is 24.3 Å². The first-order chi connectivity index (χ1) is 14.5. The molecule has 2 aromatic carbocycles. The van der Waals surface area contributed by atoms with Crippen LogP contribution in [0.4, 0.5) is 5.69 Å². The second-order valence-corrected chi connectivity index (χ2v) is 7.19. The number of cyclic esters (lactones) is 1. The van der Waals surface area contributed by atoms with E-state index in [2.05, 4.69) is 12.1 Å². The Hall–Kier alpha value is -3.83. The summed E-state index contributed by atoms with van der Waals surface area (Å²) in [6.07, 6.45) is 4.37. The van der Waals surface area contributed by atoms with Crippen LogP contribution in [0.15, 0.2) is 54.1 Å². The number of benzene rings is 2. The lowest BCUT2D eigenvalue weighted by Crippen LogP contribution is -2.25. The number of hydrogen-bond acceptors (Lipinski definition) is 5. The molecule has 5 heteroatoms. The third kappa shape index (κ3) is 4.96. The summed E-state index contributed by atoms with van der Waals surface area (Å²) in [7, 11) is 0. The molecule has 0 aliphatic carbocycles. The molecule has 30 heavy (non-hydrogen) atoms. The lowest BCUT2D eigenvalue weighted by molar-refractivity contribution is -0.130. The van der Waals surface area contributed by atoms with Gasteiger partial charge in [0.05, 0.1) is 30.6 Å². The van der Waals surface area contributed by atoms with E-state index >= 15 is 0 Å². The van der Waals surface area contributed by atoms with Crippen molar-refractivity contribution >= 4 is 23.5 Å². The first-order valence-corrected chi connectivity index (χ1v) is 9.84. The normalized spacial score (nSPS) is 14.1. The Labute approximate surface area is 177 Å². The zero-order valence-corrected chi connectivity index (χ0v) is 17.2.